The summed E-state index contributed by atoms with van der Waals surface area (Å²) >= 11 is 0. The Morgan fingerprint density at radius 3 is 2.67 bits per heavy atom. The first-order valence-corrected chi connectivity index (χ1v) is 14.2. The highest BCUT2D eigenvalue weighted by Gasteiger charge is 2.76. The third kappa shape index (κ3) is 3.23. The Hall–Kier alpha value is -2.39. The van der Waals surface area contributed by atoms with Crippen LogP contribution in [0.5, 0.6) is 0 Å². The summed E-state index contributed by atoms with van der Waals surface area (Å²) in [4.78, 5) is 13.4. The van der Waals surface area contributed by atoms with Gasteiger partial charge in [0.05, 0.1) is 29.8 Å². The van der Waals surface area contributed by atoms with E-state index in [0.29, 0.717) is 12.8 Å². The smallest absolute Gasteiger partial charge is 0.193 e. The maximum Gasteiger partial charge on any atom is 0.193 e. The number of Topliss-reactive ketones (excluding diaryl/α,β-unsaturated/α-hetero) is 1. The number of ether oxygens (including phenoxy) is 2. The highest BCUT2D eigenvalue weighted by Crippen LogP contribution is 2.70. The van der Waals surface area contributed by atoms with Crippen LogP contribution in [0.3, 0.4) is 0 Å². The number of rotatable bonds is 3. The summed E-state index contributed by atoms with van der Waals surface area (Å²) in [5.74, 6) is -1.20. The molecule has 2 heterocycles. The van der Waals surface area contributed by atoms with Crippen LogP contribution in [0.25, 0.3) is 11.8 Å². The molecule has 39 heavy (non-hydrogen) atoms. The van der Waals surface area contributed by atoms with Gasteiger partial charge < -0.3 is 19.7 Å². The van der Waals surface area contributed by atoms with Crippen LogP contribution < -0.4 is 0 Å². The number of aliphatic hydroxyl groups is 2. The van der Waals surface area contributed by atoms with E-state index in [0.717, 1.165) is 36.2 Å². The number of aliphatic hydroxyl groups excluding tert-OH is 2. The Morgan fingerprint density at radius 2 is 1.95 bits per heavy atom. The molecule has 5 aliphatic rings. The van der Waals surface area contributed by atoms with Crippen molar-refractivity contribution in [3.05, 3.63) is 53.1 Å². The quantitative estimate of drug-likeness (QED) is 0.610. The van der Waals surface area contributed by atoms with Gasteiger partial charge in [0.1, 0.15) is 12.4 Å². The van der Waals surface area contributed by atoms with Crippen LogP contribution in [0, 0.1) is 34.4 Å². The van der Waals surface area contributed by atoms with Crippen LogP contribution in [0.15, 0.2) is 36.0 Å². The van der Waals surface area contributed by atoms with Crippen molar-refractivity contribution in [3.8, 4) is 5.69 Å². The zero-order valence-corrected chi connectivity index (χ0v) is 23.0. The molecule has 1 aliphatic heterocycles. The van der Waals surface area contributed by atoms with Crippen molar-refractivity contribution < 1.29 is 28.9 Å². The molecule has 4 aliphatic carbocycles. The summed E-state index contributed by atoms with van der Waals surface area (Å²) in [5, 5.41) is 26.6. The number of aromatic nitrogens is 2. The predicted octanol–water partition coefficient (Wildman–Crippen LogP) is 4.23. The van der Waals surface area contributed by atoms with E-state index in [1.54, 1.807) is 12.1 Å². The highest BCUT2D eigenvalue weighted by molar-refractivity contribution is 5.91. The van der Waals surface area contributed by atoms with E-state index in [1.165, 1.54) is 17.7 Å². The first-order valence-electron chi connectivity index (χ1n) is 14.2. The van der Waals surface area contributed by atoms with Gasteiger partial charge in [0, 0.05) is 5.41 Å². The molecule has 0 amide bonds. The maximum absolute atomic E-state index is 13.5. The molecule has 2 aromatic rings. The van der Waals surface area contributed by atoms with Crippen LogP contribution in [0.1, 0.15) is 64.6 Å². The second kappa shape index (κ2) is 8.09. The lowest BCUT2D eigenvalue weighted by atomic mass is 9.45. The molecule has 4 fully saturated rings. The molecule has 208 valence electrons. The average molecular weight is 537 g/mol. The van der Waals surface area contributed by atoms with Gasteiger partial charge in [-0.2, -0.15) is 5.10 Å². The number of hydrogen-bond donors (Lipinski definition) is 2. The Labute approximate surface area is 228 Å². The minimum Gasteiger partial charge on any atom is -0.393 e. The van der Waals surface area contributed by atoms with Crippen LogP contribution in [0.4, 0.5) is 4.39 Å². The maximum atomic E-state index is 13.5. The van der Waals surface area contributed by atoms with Crippen molar-refractivity contribution in [2.24, 2.45) is 28.6 Å². The van der Waals surface area contributed by atoms with Crippen LogP contribution in [0.2, 0.25) is 0 Å². The molecule has 8 atom stereocenters. The summed E-state index contributed by atoms with van der Waals surface area (Å²) in [6.07, 6.45) is 6.74. The molecule has 0 bridgehead atoms. The monoisotopic (exact) mass is 536 g/mol. The number of carbonyl (C=O) groups excluding carboxylic acids is 1. The van der Waals surface area contributed by atoms with Crippen molar-refractivity contribution >= 4 is 11.9 Å². The lowest BCUT2D eigenvalue weighted by Gasteiger charge is -2.60. The second-order valence-electron chi connectivity index (χ2n) is 13.4. The molecule has 1 aromatic carbocycles. The van der Waals surface area contributed by atoms with E-state index >= 15 is 0 Å². The van der Waals surface area contributed by atoms with Gasteiger partial charge in [0.15, 0.2) is 17.2 Å². The topological polar surface area (TPSA) is 93.8 Å². The largest absolute Gasteiger partial charge is 0.393 e. The van der Waals surface area contributed by atoms with E-state index in [9.17, 15) is 19.4 Å². The molecule has 7 nitrogen and oxygen atoms in total. The lowest BCUT2D eigenvalue weighted by Crippen LogP contribution is -2.64. The van der Waals surface area contributed by atoms with E-state index in [1.807, 2.05) is 24.7 Å². The van der Waals surface area contributed by atoms with Crippen LogP contribution in [-0.2, 0) is 20.7 Å². The minimum absolute atomic E-state index is 0.0195. The number of carbonyl (C=O) groups is 1. The number of benzene rings is 1. The van der Waals surface area contributed by atoms with E-state index in [-0.39, 0.29) is 34.8 Å². The van der Waals surface area contributed by atoms with E-state index in [2.05, 4.69) is 25.0 Å². The van der Waals surface area contributed by atoms with E-state index < -0.39 is 35.6 Å². The third-order valence-electron chi connectivity index (χ3n) is 11.0. The first-order chi connectivity index (χ1) is 18.4. The van der Waals surface area contributed by atoms with Crippen molar-refractivity contribution in [1.82, 2.24) is 9.78 Å². The predicted molar refractivity (Wildman–Crippen MR) is 141 cm³/mol. The van der Waals surface area contributed by atoms with Gasteiger partial charge in [0.25, 0.3) is 0 Å². The first kappa shape index (κ1) is 25.6. The second-order valence-corrected chi connectivity index (χ2v) is 13.4. The normalized spacial score (nSPS) is 41.6. The Bertz CT molecular complexity index is 1380. The summed E-state index contributed by atoms with van der Waals surface area (Å²) in [6.45, 7) is 7.40. The molecule has 8 heteroatoms. The summed E-state index contributed by atoms with van der Waals surface area (Å²) < 4.78 is 28.2. The molecular formula is C31H37FN2O5. The number of fused-ring (bicyclic) bond motifs is 8. The Morgan fingerprint density at radius 1 is 1.21 bits per heavy atom. The number of halogens is 1. The van der Waals surface area contributed by atoms with Crippen molar-refractivity contribution in [3.63, 3.8) is 0 Å². The molecule has 2 unspecified atom stereocenters. The molecule has 0 radical (unpaired) electrons. The average Bonchev–Trinajstić information content (AvgIpc) is 3.48. The minimum atomic E-state index is -1.26. The number of nitrogens with zero attached hydrogens (tertiary/aromatic N) is 2. The van der Waals surface area contributed by atoms with Gasteiger partial charge in [-0.15, -0.1) is 0 Å². The number of ketones is 1. The number of allylic oxidation sites excluding steroid dienone is 1. The molecule has 3 saturated carbocycles. The van der Waals surface area contributed by atoms with Gasteiger partial charge in [-0.3, -0.25) is 4.79 Å². The zero-order chi connectivity index (χ0) is 27.5. The summed E-state index contributed by atoms with van der Waals surface area (Å²) in [7, 11) is 0. The Balaban J connectivity index is 1.26. The summed E-state index contributed by atoms with van der Waals surface area (Å²) in [6, 6.07) is 6.38. The molecular weight excluding hydrogens is 499 g/mol. The molecule has 2 N–H and O–H groups in total. The van der Waals surface area contributed by atoms with Gasteiger partial charge >= 0.3 is 0 Å². The standard InChI is InChI=1S/C31H37FN2O5/c1-28(2)38-26-12-22-21-10-5-18-11-23-17(15-33-34(23)20-8-6-19(32)7-9-20)13-29(18,3)27(21)24(36)14-30(22,4)31(26,39-28)25(37)16-35/h6-9,11,15,21-22,24,26-27,35-36H,5,10,12-14,16H2,1-4H3/t21-,22?,24-,26+,27?,29-,30-,31+/m0/s1. The van der Waals surface area contributed by atoms with E-state index in [4.69, 9.17) is 9.47 Å². The Kier molecular flexibility index (Phi) is 5.30. The van der Waals surface area contributed by atoms with Crippen LogP contribution >= 0.6 is 0 Å². The fourth-order valence-electron chi connectivity index (χ4n) is 9.69. The van der Waals surface area contributed by atoms with Crippen LogP contribution in [-0.4, -0.2) is 56.0 Å². The highest BCUT2D eigenvalue weighted by atomic mass is 19.1. The van der Waals surface area contributed by atoms with Gasteiger partial charge in [0.2, 0.25) is 0 Å². The van der Waals surface area contributed by atoms with Gasteiger partial charge in [-0.05, 0) is 105 Å². The van der Waals surface area contributed by atoms with Crippen molar-refractivity contribution in [2.45, 2.75) is 83.4 Å². The van der Waals surface area contributed by atoms with Gasteiger partial charge in [-0.25, -0.2) is 9.07 Å². The van der Waals surface area contributed by atoms with Crippen molar-refractivity contribution in [1.29, 1.82) is 0 Å². The molecule has 7 rings (SSSR count). The van der Waals surface area contributed by atoms with Gasteiger partial charge in [-0.1, -0.05) is 19.4 Å². The summed E-state index contributed by atoms with van der Waals surface area (Å²) in [5.41, 5.74) is 2.13. The third-order valence-corrected chi connectivity index (χ3v) is 11.0. The molecule has 1 aromatic heterocycles. The molecule has 0 spiro atoms. The zero-order valence-electron chi connectivity index (χ0n) is 23.0. The fourth-order valence-corrected chi connectivity index (χ4v) is 9.69. The lowest BCUT2D eigenvalue weighted by molar-refractivity contribution is -0.226. The number of hydrogen-bond acceptors (Lipinski definition) is 6. The van der Waals surface area contributed by atoms with Crippen molar-refractivity contribution in [2.75, 3.05) is 6.61 Å². The SMILES string of the molecule is CC1(C)O[C@@H]2CC3[C@@H]4CCC5=Cc6c(cnn6-c6ccc(F)cc6)C[C@]5(C)C4[C@@H](O)C[C@]3(C)[C@]2(C(=O)CO)O1. The molecule has 1 saturated heterocycles. The fraction of sp³-hybridized carbons (Fsp3) is 0.613.